The van der Waals surface area contributed by atoms with Gasteiger partial charge in [-0.1, -0.05) is 72.8 Å². The van der Waals surface area contributed by atoms with Gasteiger partial charge in [0.25, 0.3) is 0 Å². The van der Waals surface area contributed by atoms with Crippen LogP contribution in [0, 0.1) is 6.92 Å². The van der Waals surface area contributed by atoms with Gasteiger partial charge in [-0.15, -0.1) is 0 Å². The van der Waals surface area contributed by atoms with Gasteiger partial charge in [0, 0.05) is 19.4 Å². The summed E-state index contributed by atoms with van der Waals surface area (Å²) in [6.45, 7) is 2.66. The van der Waals surface area contributed by atoms with E-state index in [-0.39, 0.29) is 17.5 Å². The third kappa shape index (κ3) is 6.25. The maximum atomic E-state index is 12.4. The first-order chi connectivity index (χ1) is 16.9. The number of aliphatic hydroxyl groups is 1. The van der Waals surface area contributed by atoms with Gasteiger partial charge in [-0.3, -0.25) is 4.79 Å². The number of likely N-dealkylation sites (tertiary alicyclic amines) is 1. The fourth-order valence-electron chi connectivity index (χ4n) is 4.64. The van der Waals surface area contributed by atoms with Crippen LogP contribution in [0.25, 0.3) is 11.1 Å². The normalized spacial score (nSPS) is 16.7. The number of amides is 1. The van der Waals surface area contributed by atoms with E-state index in [4.69, 9.17) is 5.11 Å². The molecule has 3 aromatic carbocycles. The number of hydrogen-bond acceptors (Lipinski definition) is 3. The molecule has 0 bridgehead atoms. The number of hydrogen-bond donors (Lipinski definition) is 2. The first-order valence-corrected chi connectivity index (χ1v) is 12.0. The van der Waals surface area contributed by atoms with Gasteiger partial charge in [0.1, 0.15) is 0 Å². The van der Waals surface area contributed by atoms with Gasteiger partial charge in [-0.25, -0.2) is 4.79 Å². The zero-order valence-corrected chi connectivity index (χ0v) is 19.9. The van der Waals surface area contributed by atoms with E-state index in [9.17, 15) is 14.7 Å². The third-order valence-corrected chi connectivity index (χ3v) is 6.60. The summed E-state index contributed by atoms with van der Waals surface area (Å²) in [6.07, 6.45) is 5.52. The number of aromatic carboxylic acids is 1. The minimum absolute atomic E-state index is 0.0336. The molecule has 2 N–H and O–H groups in total. The van der Waals surface area contributed by atoms with Crippen molar-refractivity contribution in [3.63, 3.8) is 0 Å². The number of carbonyl (C=O) groups is 2. The molecule has 0 saturated carbocycles. The second-order valence-corrected chi connectivity index (χ2v) is 9.12. The topological polar surface area (TPSA) is 77.8 Å². The molecular formula is C30H31NO4. The van der Waals surface area contributed by atoms with E-state index in [1.165, 1.54) is 11.1 Å². The molecule has 0 aromatic heterocycles. The summed E-state index contributed by atoms with van der Waals surface area (Å²) in [5.74, 6) is -0.834. The van der Waals surface area contributed by atoms with Crippen LogP contribution in [0.15, 0.2) is 84.9 Å². The molecule has 0 radical (unpaired) electrons. The van der Waals surface area contributed by atoms with Crippen molar-refractivity contribution in [1.82, 2.24) is 4.90 Å². The fourth-order valence-corrected chi connectivity index (χ4v) is 4.64. The number of carbonyl (C=O) groups excluding carboxylic acids is 1. The van der Waals surface area contributed by atoms with Crippen LogP contribution in [0.3, 0.4) is 0 Å². The average molecular weight is 470 g/mol. The Hall–Kier alpha value is -3.70. The molecule has 1 aliphatic heterocycles. The minimum atomic E-state index is -0.947. The molecule has 180 valence electrons. The van der Waals surface area contributed by atoms with Crippen molar-refractivity contribution in [1.29, 1.82) is 0 Å². The monoisotopic (exact) mass is 469 g/mol. The summed E-state index contributed by atoms with van der Waals surface area (Å²) in [5.41, 5.74) is 5.86. The van der Waals surface area contributed by atoms with Crippen molar-refractivity contribution >= 4 is 11.9 Å². The van der Waals surface area contributed by atoms with E-state index >= 15 is 0 Å². The molecule has 3 aromatic rings. The van der Waals surface area contributed by atoms with Crippen molar-refractivity contribution in [3.05, 3.63) is 107 Å². The van der Waals surface area contributed by atoms with E-state index in [0.717, 1.165) is 23.1 Å². The SMILES string of the molecule is Cc1ccccc1-c1cccc(C[C@H](O)C=C[C@H]2CCC(=O)N2CCc2ccc(C(=O)O)cc2)c1. The van der Waals surface area contributed by atoms with Crippen molar-refractivity contribution in [2.75, 3.05) is 6.54 Å². The lowest BCUT2D eigenvalue weighted by Gasteiger charge is -2.23. The van der Waals surface area contributed by atoms with Crippen molar-refractivity contribution in [3.8, 4) is 11.1 Å². The van der Waals surface area contributed by atoms with Gasteiger partial charge in [0.05, 0.1) is 17.7 Å². The van der Waals surface area contributed by atoms with Crippen LogP contribution in [0.5, 0.6) is 0 Å². The highest BCUT2D eigenvalue weighted by Gasteiger charge is 2.28. The molecule has 5 heteroatoms. The summed E-state index contributed by atoms with van der Waals surface area (Å²) >= 11 is 0. The molecule has 1 fully saturated rings. The summed E-state index contributed by atoms with van der Waals surface area (Å²) in [5, 5.41) is 19.7. The van der Waals surface area contributed by atoms with Crippen LogP contribution in [0.4, 0.5) is 0 Å². The highest BCUT2D eigenvalue weighted by molar-refractivity contribution is 5.87. The summed E-state index contributed by atoms with van der Waals surface area (Å²) in [7, 11) is 0. The maximum absolute atomic E-state index is 12.4. The van der Waals surface area contributed by atoms with E-state index in [0.29, 0.717) is 25.8 Å². The van der Waals surface area contributed by atoms with Crippen molar-refractivity contribution in [2.45, 2.75) is 44.8 Å². The predicted octanol–water partition coefficient (Wildman–Crippen LogP) is 5.05. The number of carboxylic acids is 1. The molecule has 35 heavy (non-hydrogen) atoms. The minimum Gasteiger partial charge on any atom is -0.478 e. The lowest BCUT2D eigenvalue weighted by Crippen LogP contribution is -2.33. The Bertz CT molecular complexity index is 1220. The van der Waals surface area contributed by atoms with E-state index < -0.39 is 12.1 Å². The first kappa shape index (κ1) is 24.4. The second-order valence-electron chi connectivity index (χ2n) is 9.12. The predicted molar refractivity (Wildman–Crippen MR) is 137 cm³/mol. The van der Waals surface area contributed by atoms with Gasteiger partial charge >= 0.3 is 5.97 Å². The van der Waals surface area contributed by atoms with Gasteiger partial charge in [0.2, 0.25) is 5.91 Å². The maximum Gasteiger partial charge on any atom is 0.335 e. The lowest BCUT2D eigenvalue weighted by atomic mass is 9.97. The molecule has 2 atom stereocenters. The Kier molecular flexibility index (Phi) is 7.78. The Morgan fingerprint density at radius 3 is 2.57 bits per heavy atom. The van der Waals surface area contributed by atoms with Gasteiger partial charge in [0.15, 0.2) is 0 Å². The van der Waals surface area contributed by atoms with Crippen molar-refractivity contribution < 1.29 is 19.8 Å². The van der Waals surface area contributed by atoms with Crippen LogP contribution in [0.2, 0.25) is 0 Å². The van der Waals surface area contributed by atoms with Gasteiger partial charge in [-0.2, -0.15) is 0 Å². The first-order valence-electron chi connectivity index (χ1n) is 12.0. The Labute approximate surface area is 206 Å². The van der Waals surface area contributed by atoms with Crippen LogP contribution in [-0.2, 0) is 17.6 Å². The second kappa shape index (κ2) is 11.2. The fraction of sp³-hybridized carbons (Fsp3) is 0.267. The molecular weight excluding hydrogens is 438 g/mol. The Morgan fingerprint density at radius 2 is 1.83 bits per heavy atom. The largest absolute Gasteiger partial charge is 0.478 e. The van der Waals surface area contributed by atoms with Crippen LogP contribution in [0.1, 0.15) is 39.9 Å². The lowest BCUT2D eigenvalue weighted by molar-refractivity contribution is -0.128. The zero-order valence-electron chi connectivity index (χ0n) is 19.9. The number of aryl methyl sites for hydroxylation is 1. The molecule has 0 spiro atoms. The van der Waals surface area contributed by atoms with Crippen molar-refractivity contribution in [2.24, 2.45) is 0 Å². The standard InChI is InChI=1S/C30H31NO4/c1-21-5-2-3-8-28(21)25-7-4-6-23(19-25)20-27(32)15-13-26-14-16-29(33)31(26)18-17-22-9-11-24(12-10-22)30(34)35/h2-13,15,19,26-27,32H,14,16-18,20H2,1H3,(H,34,35)/t26-,27+/m0/s1. The quantitative estimate of drug-likeness (QED) is 0.430. The Morgan fingerprint density at radius 1 is 1.06 bits per heavy atom. The highest BCUT2D eigenvalue weighted by Crippen LogP contribution is 2.25. The van der Waals surface area contributed by atoms with Gasteiger partial charge < -0.3 is 15.1 Å². The van der Waals surface area contributed by atoms with Crippen LogP contribution < -0.4 is 0 Å². The highest BCUT2D eigenvalue weighted by atomic mass is 16.4. The number of benzene rings is 3. The molecule has 4 rings (SSSR count). The summed E-state index contributed by atoms with van der Waals surface area (Å²) < 4.78 is 0. The Balaban J connectivity index is 1.36. The number of carboxylic acid groups (broad SMARTS) is 1. The summed E-state index contributed by atoms with van der Waals surface area (Å²) in [6, 6.07) is 23.3. The van der Waals surface area contributed by atoms with E-state index in [1.807, 2.05) is 35.2 Å². The van der Waals surface area contributed by atoms with Crippen LogP contribution >= 0.6 is 0 Å². The molecule has 5 nitrogen and oxygen atoms in total. The van der Waals surface area contributed by atoms with E-state index in [1.54, 1.807) is 30.3 Å². The van der Waals surface area contributed by atoms with Gasteiger partial charge in [-0.05, 0) is 59.7 Å². The molecule has 0 unspecified atom stereocenters. The zero-order chi connectivity index (χ0) is 24.8. The summed E-state index contributed by atoms with van der Waals surface area (Å²) in [4.78, 5) is 25.3. The molecule has 0 aliphatic carbocycles. The van der Waals surface area contributed by atoms with Crippen LogP contribution in [-0.4, -0.2) is 45.7 Å². The molecule has 1 aliphatic rings. The number of aliphatic hydroxyl groups excluding tert-OH is 1. The van der Waals surface area contributed by atoms with E-state index in [2.05, 4.69) is 31.2 Å². The number of rotatable bonds is 9. The molecule has 1 saturated heterocycles. The smallest absolute Gasteiger partial charge is 0.335 e. The average Bonchev–Trinajstić information content (AvgIpc) is 3.21. The molecule has 1 heterocycles. The molecule has 1 amide bonds. The number of nitrogens with zero attached hydrogens (tertiary/aromatic N) is 1. The third-order valence-electron chi connectivity index (χ3n) is 6.60.